The zero-order valence-corrected chi connectivity index (χ0v) is 10.0. The second kappa shape index (κ2) is 2.87. The van der Waals surface area contributed by atoms with Gasteiger partial charge in [0.2, 0.25) is 0 Å². The van der Waals surface area contributed by atoms with E-state index < -0.39 is 10.8 Å². The zero-order valence-electron chi connectivity index (χ0n) is 6.83. The second-order valence-electron chi connectivity index (χ2n) is 3.50. The maximum absolute atomic E-state index is 11.8. The average Bonchev–Trinajstić information content (AvgIpc) is 2.54. The van der Waals surface area contributed by atoms with E-state index in [-0.39, 0.29) is 0 Å². The smallest absolute Gasteiger partial charge is 0.159 e. The molecule has 3 heterocycles. The van der Waals surface area contributed by atoms with Crippen molar-refractivity contribution in [2.45, 2.75) is 29.8 Å². The number of hydrogen-bond acceptors (Lipinski definition) is 3. The highest BCUT2D eigenvalue weighted by molar-refractivity contribution is 9.11. The van der Waals surface area contributed by atoms with Gasteiger partial charge in [-0.1, -0.05) is 0 Å². The molecule has 2 bridgehead atoms. The molecule has 1 fully saturated rings. The zero-order chi connectivity index (χ0) is 9.00. The summed E-state index contributed by atoms with van der Waals surface area (Å²) in [5, 5.41) is 0.698. The maximum Gasteiger partial charge on any atom is 0.159 e. The topological polar surface area (TPSA) is 30.0 Å². The van der Waals surface area contributed by atoms with Crippen molar-refractivity contribution in [3.8, 4) is 0 Å². The molecule has 2 aliphatic heterocycles. The molecule has 0 N–H and O–H groups in total. The summed E-state index contributed by atoms with van der Waals surface area (Å²) in [6.07, 6.45) is 3.15. The Balaban J connectivity index is 2.16. The highest BCUT2D eigenvalue weighted by atomic mass is 79.9. The molecule has 70 valence electrons. The van der Waals surface area contributed by atoms with E-state index in [1.165, 1.54) is 10.6 Å². The molecule has 0 aromatic carbocycles. The van der Waals surface area contributed by atoms with Crippen LogP contribution < -0.4 is 0 Å². The van der Waals surface area contributed by atoms with Crippen LogP contribution in [-0.2, 0) is 17.2 Å². The van der Waals surface area contributed by atoms with Crippen LogP contribution >= 0.6 is 27.3 Å². The Hall–Kier alpha value is 0.260. The average molecular weight is 278 g/mol. The van der Waals surface area contributed by atoms with Gasteiger partial charge in [0.25, 0.3) is 0 Å². The lowest BCUT2D eigenvalue weighted by atomic mass is 10.2. The molecule has 2 nitrogen and oxygen atoms in total. The second-order valence-corrected chi connectivity index (χ2v) is 7.70. The van der Waals surface area contributed by atoms with E-state index in [0.717, 1.165) is 23.2 Å². The quantitative estimate of drug-likeness (QED) is 0.729. The molecule has 3 atom stereocenters. The van der Waals surface area contributed by atoms with E-state index in [0.29, 0.717) is 10.5 Å². The van der Waals surface area contributed by atoms with Crippen LogP contribution in [0, 0.1) is 0 Å². The number of rotatable bonds is 0. The summed E-state index contributed by atoms with van der Waals surface area (Å²) in [6.45, 7) is 0. The van der Waals surface area contributed by atoms with Crippen molar-refractivity contribution in [2.75, 3.05) is 0 Å². The van der Waals surface area contributed by atoms with Gasteiger partial charge < -0.3 is 0 Å². The van der Waals surface area contributed by atoms with Crippen molar-refractivity contribution in [1.29, 1.82) is 0 Å². The molecule has 0 aliphatic carbocycles. The number of fused-ring (bicyclic) bond motifs is 4. The first-order valence-corrected chi connectivity index (χ1v) is 7.19. The number of halogens is 1. The van der Waals surface area contributed by atoms with Crippen molar-refractivity contribution in [3.05, 3.63) is 14.5 Å². The van der Waals surface area contributed by atoms with Gasteiger partial charge in [0.15, 0.2) is 3.92 Å². The number of nitrogens with zero attached hydrogens (tertiary/aromatic N) is 1. The van der Waals surface area contributed by atoms with Crippen molar-refractivity contribution in [3.63, 3.8) is 0 Å². The molecular formula is C8H8BrNOS2. The molecule has 1 aromatic heterocycles. The molecule has 0 amide bonds. The van der Waals surface area contributed by atoms with E-state index in [1.54, 1.807) is 11.3 Å². The summed E-state index contributed by atoms with van der Waals surface area (Å²) in [4.78, 5) is 5.70. The van der Waals surface area contributed by atoms with E-state index in [4.69, 9.17) is 0 Å². The fraction of sp³-hybridized carbons (Fsp3) is 0.625. The van der Waals surface area contributed by atoms with Crippen LogP contribution in [0.25, 0.3) is 0 Å². The van der Waals surface area contributed by atoms with Crippen LogP contribution in [0.3, 0.4) is 0 Å². The molecule has 0 spiro atoms. The first-order chi connectivity index (χ1) is 6.25. The van der Waals surface area contributed by atoms with Crippen molar-refractivity contribution < 1.29 is 4.21 Å². The third-order valence-electron chi connectivity index (χ3n) is 2.77. The SMILES string of the molecule is O=S1C2CCC1c1sc(Br)nc1C2. The van der Waals surface area contributed by atoms with E-state index in [9.17, 15) is 4.21 Å². The van der Waals surface area contributed by atoms with E-state index in [1.807, 2.05) is 0 Å². The molecule has 5 heteroatoms. The van der Waals surface area contributed by atoms with Gasteiger partial charge in [0.1, 0.15) is 0 Å². The summed E-state index contributed by atoms with van der Waals surface area (Å²) in [5.74, 6) is 0. The minimum Gasteiger partial charge on any atom is -0.259 e. The summed E-state index contributed by atoms with van der Waals surface area (Å²) in [6, 6.07) is 0. The summed E-state index contributed by atoms with van der Waals surface area (Å²) in [7, 11) is -0.617. The minimum atomic E-state index is -0.617. The predicted molar refractivity (Wildman–Crippen MR) is 57.4 cm³/mol. The van der Waals surface area contributed by atoms with Crippen LogP contribution in [0.2, 0.25) is 0 Å². The van der Waals surface area contributed by atoms with Crippen molar-refractivity contribution in [1.82, 2.24) is 4.98 Å². The number of thiazole rings is 1. The highest BCUT2D eigenvalue weighted by Gasteiger charge is 2.41. The number of hydrogen-bond donors (Lipinski definition) is 0. The predicted octanol–water partition coefficient (Wildman–Crippen LogP) is 2.41. The highest BCUT2D eigenvalue weighted by Crippen LogP contribution is 2.46. The Morgan fingerprint density at radius 3 is 3.23 bits per heavy atom. The molecule has 3 rings (SSSR count). The Morgan fingerprint density at radius 2 is 2.38 bits per heavy atom. The third-order valence-corrected chi connectivity index (χ3v) is 6.68. The lowest BCUT2D eigenvalue weighted by Crippen LogP contribution is -2.20. The Kier molecular flexibility index (Phi) is 1.89. The van der Waals surface area contributed by atoms with Gasteiger partial charge in [-0.15, -0.1) is 11.3 Å². The summed E-state index contributed by atoms with van der Waals surface area (Å²) < 4.78 is 12.8. The largest absolute Gasteiger partial charge is 0.259 e. The van der Waals surface area contributed by atoms with Gasteiger partial charge in [0, 0.05) is 27.3 Å². The molecule has 0 radical (unpaired) electrons. The van der Waals surface area contributed by atoms with Gasteiger partial charge in [-0.3, -0.25) is 4.21 Å². The van der Waals surface area contributed by atoms with Crippen LogP contribution in [0.4, 0.5) is 0 Å². The lowest BCUT2D eigenvalue weighted by Gasteiger charge is -2.16. The van der Waals surface area contributed by atoms with Gasteiger partial charge in [-0.2, -0.15) is 0 Å². The molecule has 1 aromatic rings. The molecule has 3 unspecified atom stereocenters. The van der Waals surface area contributed by atoms with E-state index in [2.05, 4.69) is 20.9 Å². The fourth-order valence-corrected chi connectivity index (χ4v) is 6.04. The lowest BCUT2D eigenvalue weighted by molar-refractivity contribution is 0.667. The van der Waals surface area contributed by atoms with Crippen LogP contribution in [0.5, 0.6) is 0 Å². The monoisotopic (exact) mass is 277 g/mol. The standard InChI is InChI=1S/C8H8BrNOS2/c9-8-10-5-3-4-1-2-6(13(4)11)7(5)12-8/h4,6H,1-3H2. The fourth-order valence-electron chi connectivity index (χ4n) is 2.17. The molecule has 0 saturated carbocycles. The molecule has 1 saturated heterocycles. The first-order valence-electron chi connectivity index (χ1n) is 4.30. The van der Waals surface area contributed by atoms with Crippen LogP contribution in [-0.4, -0.2) is 14.4 Å². The molecule has 2 aliphatic rings. The van der Waals surface area contributed by atoms with Crippen molar-refractivity contribution >= 4 is 38.1 Å². The van der Waals surface area contributed by atoms with Gasteiger partial charge >= 0.3 is 0 Å². The Morgan fingerprint density at radius 1 is 1.54 bits per heavy atom. The van der Waals surface area contributed by atoms with Gasteiger partial charge in [0.05, 0.1) is 10.9 Å². The van der Waals surface area contributed by atoms with Crippen LogP contribution in [0.1, 0.15) is 28.7 Å². The summed E-state index contributed by atoms with van der Waals surface area (Å²) in [5.41, 5.74) is 1.20. The van der Waals surface area contributed by atoms with Gasteiger partial charge in [-0.25, -0.2) is 4.98 Å². The Bertz CT molecular complexity index is 389. The number of aromatic nitrogens is 1. The van der Waals surface area contributed by atoms with Gasteiger partial charge in [-0.05, 0) is 28.8 Å². The first kappa shape index (κ1) is 8.56. The Labute approximate surface area is 91.3 Å². The third kappa shape index (κ3) is 1.17. The molecular weight excluding hydrogens is 270 g/mol. The van der Waals surface area contributed by atoms with E-state index >= 15 is 0 Å². The summed E-state index contributed by atoms with van der Waals surface area (Å²) >= 11 is 5.06. The van der Waals surface area contributed by atoms with Crippen molar-refractivity contribution in [2.24, 2.45) is 0 Å². The van der Waals surface area contributed by atoms with Crippen LogP contribution in [0.15, 0.2) is 3.92 Å². The minimum absolute atomic E-state index is 0.303. The normalized spacial score (nSPS) is 36.2. The molecule has 13 heavy (non-hydrogen) atoms. The maximum atomic E-state index is 11.8.